The van der Waals surface area contributed by atoms with Gasteiger partial charge in [0.2, 0.25) is 0 Å². The van der Waals surface area contributed by atoms with Gasteiger partial charge >= 0.3 is 0 Å². The molecule has 0 saturated heterocycles. The second-order valence-electron chi connectivity index (χ2n) is 5.56. The summed E-state index contributed by atoms with van der Waals surface area (Å²) in [6, 6.07) is 17.8. The quantitative estimate of drug-likeness (QED) is 0.670. The summed E-state index contributed by atoms with van der Waals surface area (Å²) in [6.45, 7) is 0. The van der Waals surface area contributed by atoms with E-state index in [1.807, 2.05) is 55.0 Å². The van der Waals surface area contributed by atoms with Gasteiger partial charge in [0.25, 0.3) is 0 Å². The first-order valence-corrected chi connectivity index (χ1v) is 7.37. The van der Waals surface area contributed by atoms with Gasteiger partial charge in [0.05, 0.1) is 24.3 Å². The van der Waals surface area contributed by atoms with Crippen molar-refractivity contribution in [2.45, 2.75) is 18.5 Å². The molecule has 4 rings (SSSR count). The fraction of sp³-hybridized carbons (Fsp3) is 0.167. The van der Waals surface area contributed by atoms with Gasteiger partial charge < -0.3 is 4.57 Å². The van der Waals surface area contributed by atoms with Crippen molar-refractivity contribution in [1.82, 2.24) is 9.55 Å². The van der Waals surface area contributed by atoms with Gasteiger partial charge in [0, 0.05) is 12.0 Å². The van der Waals surface area contributed by atoms with E-state index in [1.165, 1.54) is 11.1 Å². The van der Waals surface area contributed by atoms with Crippen molar-refractivity contribution < 1.29 is 0 Å². The average molecular weight is 289 g/mol. The van der Waals surface area contributed by atoms with Gasteiger partial charge in [-0.25, -0.2) is 4.98 Å². The molecule has 0 bridgehead atoms. The van der Waals surface area contributed by atoms with Gasteiger partial charge in [-0.3, -0.25) is 0 Å². The van der Waals surface area contributed by atoms with E-state index in [2.05, 4.69) is 26.9 Å². The highest BCUT2D eigenvalue weighted by molar-refractivity contribution is 5.68. The average Bonchev–Trinajstić information content (AvgIpc) is 3.15. The standard InChI is InChI=1S/C18H15N3O/c22-20-16(13-6-2-1-3-7-13)10-17-14-8-4-5-9-15(14)18-11-19-12-21(17)18/h1-9,11-12,16-17H,10H2. The minimum absolute atomic E-state index is 0.108. The van der Waals surface area contributed by atoms with Crippen LogP contribution in [0.15, 0.2) is 72.3 Å². The first-order chi connectivity index (χ1) is 10.9. The number of nitrogens with zero attached hydrogens (tertiary/aromatic N) is 3. The summed E-state index contributed by atoms with van der Waals surface area (Å²) in [5, 5.41) is 3.37. The van der Waals surface area contributed by atoms with Crippen LogP contribution in [0, 0.1) is 4.91 Å². The van der Waals surface area contributed by atoms with Gasteiger partial charge in [-0.05, 0) is 11.1 Å². The third-order valence-corrected chi connectivity index (χ3v) is 4.36. The van der Waals surface area contributed by atoms with Crippen LogP contribution in [0.4, 0.5) is 0 Å². The minimum Gasteiger partial charge on any atom is -0.323 e. The zero-order valence-corrected chi connectivity index (χ0v) is 12.0. The van der Waals surface area contributed by atoms with Crippen molar-refractivity contribution in [2.24, 2.45) is 5.18 Å². The molecule has 1 aliphatic heterocycles. The number of aromatic nitrogens is 2. The van der Waals surface area contributed by atoms with E-state index < -0.39 is 0 Å². The first-order valence-electron chi connectivity index (χ1n) is 7.37. The fourth-order valence-corrected chi connectivity index (χ4v) is 3.30. The lowest BCUT2D eigenvalue weighted by Gasteiger charge is -2.18. The van der Waals surface area contributed by atoms with Gasteiger partial charge in [-0.2, -0.15) is 4.91 Å². The summed E-state index contributed by atoms with van der Waals surface area (Å²) < 4.78 is 2.14. The third kappa shape index (κ3) is 1.96. The molecule has 0 aliphatic carbocycles. The molecule has 0 radical (unpaired) electrons. The Hall–Kier alpha value is -2.75. The van der Waals surface area contributed by atoms with Crippen LogP contribution in [0.1, 0.15) is 29.6 Å². The molecule has 2 heterocycles. The maximum atomic E-state index is 11.4. The lowest BCUT2D eigenvalue weighted by molar-refractivity contribution is 0.500. The van der Waals surface area contributed by atoms with Crippen LogP contribution in [-0.4, -0.2) is 9.55 Å². The summed E-state index contributed by atoms with van der Waals surface area (Å²) in [7, 11) is 0. The van der Waals surface area contributed by atoms with Crippen LogP contribution in [0.3, 0.4) is 0 Å². The zero-order chi connectivity index (χ0) is 14.9. The maximum Gasteiger partial charge on any atom is 0.119 e. The summed E-state index contributed by atoms with van der Waals surface area (Å²) in [5.41, 5.74) is 4.51. The van der Waals surface area contributed by atoms with Crippen molar-refractivity contribution in [3.63, 3.8) is 0 Å². The number of fused-ring (bicyclic) bond motifs is 3. The highest BCUT2D eigenvalue weighted by Crippen LogP contribution is 2.43. The maximum absolute atomic E-state index is 11.4. The van der Waals surface area contributed by atoms with E-state index >= 15 is 0 Å². The molecule has 0 N–H and O–H groups in total. The highest BCUT2D eigenvalue weighted by Gasteiger charge is 2.30. The molecule has 2 aromatic carbocycles. The molecule has 22 heavy (non-hydrogen) atoms. The lowest BCUT2D eigenvalue weighted by Crippen LogP contribution is -2.09. The van der Waals surface area contributed by atoms with Gasteiger partial charge in [-0.15, -0.1) is 0 Å². The van der Waals surface area contributed by atoms with Gasteiger partial charge in [0.1, 0.15) is 6.04 Å². The van der Waals surface area contributed by atoms with Gasteiger partial charge in [-0.1, -0.05) is 59.8 Å². The van der Waals surface area contributed by atoms with Crippen LogP contribution in [0.2, 0.25) is 0 Å². The monoisotopic (exact) mass is 289 g/mol. The molecule has 1 aliphatic rings. The molecule has 3 aromatic rings. The van der Waals surface area contributed by atoms with Crippen molar-refractivity contribution in [3.05, 3.63) is 83.2 Å². The molecule has 2 unspecified atom stereocenters. The van der Waals surface area contributed by atoms with E-state index in [0.717, 1.165) is 11.3 Å². The van der Waals surface area contributed by atoms with Crippen molar-refractivity contribution in [3.8, 4) is 11.3 Å². The van der Waals surface area contributed by atoms with E-state index in [4.69, 9.17) is 0 Å². The molecule has 0 spiro atoms. The summed E-state index contributed by atoms with van der Waals surface area (Å²) >= 11 is 0. The SMILES string of the molecule is O=NC(CC1c2ccccc2-c2cncn21)c1ccccc1. The molecule has 2 atom stereocenters. The molecule has 0 saturated carbocycles. The minimum atomic E-state index is -0.354. The Balaban J connectivity index is 1.73. The second-order valence-corrected chi connectivity index (χ2v) is 5.56. The number of rotatable bonds is 4. The second kappa shape index (κ2) is 5.22. The van der Waals surface area contributed by atoms with Gasteiger partial charge in [0.15, 0.2) is 0 Å². The predicted octanol–water partition coefficient (Wildman–Crippen LogP) is 4.35. The van der Waals surface area contributed by atoms with Crippen LogP contribution in [0.25, 0.3) is 11.3 Å². The summed E-state index contributed by atoms with van der Waals surface area (Å²) in [4.78, 5) is 15.6. The van der Waals surface area contributed by atoms with Crippen LogP contribution in [-0.2, 0) is 0 Å². The topological polar surface area (TPSA) is 47.2 Å². The Kier molecular flexibility index (Phi) is 3.07. The summed E-state index contributed by atoms with van der Waals surface area (Å²) in [6.07, 6.45) is 4.37. The largest absolute Gasteiger partial charge is 0.323 e. The van der Waals surface area contributed by atoms with Crippen LogP contribution < -0.4 is 0 Å². The van der Waals surface area contributed by atoms with Crippen LogP contribution in [0.5, 0.6) is 0 Å². The van der Waals surface area contributed by atoms with E-state index in [-0.39, 0.29) is 12.1 Å². The van der Waals surface area contributed by atoms with Crippen molar-refractivity contribution in [1.29, 1.82) is 0 Å². The van der Waals surface area contributed by atoms with E-state index in [9.17, 15) is 4.91 Å². The predicted molar refractivity (Wildman–Crippen MR) is 85.4 cm³/mol. The Morgan fingerprint density at radius 2 is 1.86 bits per heavy atom. The van der Waals surface area contributed by atoms with Crippen molar-refractivity contribution in [2.75, 3.05) is 0 Å². The molecule has 1 aromatic heterocycles. The molecular formula is C18H15N3O. The number of imidazole rings is 1. The third-order valence-electron chi connectivity index (χ3n) is 4.36. The Bertz CT molecular complexity index is 810. The number of hydrogen-bond donors (Lipinski definition) is 0. The lowest BCUT2D eigenvalue weighted by atomic mass is 9.94. The molecule has 0 amide bonds. The Labute approximate surface area is 128 Å². The first kappa shape index (κ1) is 13.0. The number of nitroso groups, excluding NO2 is 1. The number of hydrogen-bond acceptors (Lipinski definition) is 3. The Morgan fingerprint density at radius 1 is 1.09 bits per heavy atom. The zero-order valence-electron chi connectivity index (χ0n) is 12.0. The fourth-order valence-electron chi connectivity index (χ4n) is 3.30. The molecule has 4 nitrogen and oxygen atoms in total. The Morgan fingerprint density at radius 3 is 2.68 bits per heavy atom. The van der Waals surface area contributed by atoms with Crippen molar-refractivity contribution >= 4 is 0 Å². The highest BCUT2D eigenvalue weighted by atomic mass is 16.3. The smallest absolute Gasteiger partial charge is 0.119 e. The molecule has 0 fully saturated rings. The van der Waals surface area contributed by atoms with E-state index in [1.54, 1.807) is 0 Å². The number of benzene rings is 2. The van der Waals surface area contributed by atoms with E-state index in [0.29, 0.717) is 6.42 Å². The van der Waals surface area contributed by atoms with Crippen LogP contribution >= 0.6 is 0 Å². The normalized spacial score (nSPS) is 16.8. The summed E-state index contributed by atoms with van der Waals surface area (Å²) in [5.74, 6) is 0. The molecule has 4 heteroatoms. The molecular weight excluding hydrogens is 274 g/mol. The molecule has 108 valence electrons.